The van der Waals surface area contributed by atoms with Gasteiger partial charge in [0.2, 0.25) is 0 Å². The summed E-state index contributed by atoms with van der Waals surface area (Å²) in [5.41, 5.74) is 2.28. The fraction of sp³-hybridized carbons (Fsp3) is 0.308. The zero-order valence-corrected chi connectivity index (χ0v) is 11.4. The first-order valence-corrected chi connectivity index (χ1v) is 6.95. The maximum atomic E-state index is 5.59. The van der Waals surface area contributed by atoms with E-state index in [1.165, 1.54) is 0 Å². The summed E-state index contributed by atoms with van der Waals surface area (Å²) in [4.78, 5) is 4.13. The molecule has 18 heavy (non-hydrogen) atoms. The average molecular weight is 261 g/mol. The van der Waals surface area contributed by atoms with Gasteiger partial charge in [0.25, 0.3) is 0 Å². The Hall–Kier alpha value is -1.17. The maximum Gasteiger partial charge on any atom is 0.504 e. The Bertz CT molecular complexity index is 469. The fourth-order valence-electron chi connectivity index (χ4n) is 1.68. The molecule has 0 spiro atoms. The van der Waals surface area contributed by atoms with Crippen molar-refractivity contribution in [2.24, 2.45) is 0 Å². The van der Waals surface area contributed by atoms with Gasteiger partial charge < -0.3 is 9.31 Å². The van der Waals surface area contributed by atoms with Gasteiger partial charge in [-0.3, -0.25) is 4.98 Å². The zero-order chi connectivity index (χ0) is 12.8. The quantitative estimate of drug-likeness (QED) is 0.749. The second-order valence-electron chi connectivity index (χ2n) is 3.72. The number of aromatic nitrogens is 1. The number of rotatable bonds is 6. The molecule has 0 aliphatic rings. The molecule has 5 heteroatoms. The third-order valence-corrected chi connectivity index (χ3v) is 3.44. The molecule has 0 unspecified atom stereocenters. The minimum atomic E-state index is -0.254. The predicted octanol–water partition coefficient (Wildman–Crippen LogP) is 2.58. The van der Waals surface area contributed by atoms with Gasteiger partial charge in [-0.2, -0.15) is 11.3 Å². The molecule has 0 aliphatic carbocycles. The van der Waals surface area contributed by atoms with Gasteiger partial charge in [-0.15, -0.1) is 0 Å². The lowest BCUT2D eigenvalue weighted by Crippen LogP contribution is -2.34. The molecule has 0 fully saturated rings. The molecule has 2 heterocycles. The van der Waals surface area contributed by atoms with Gasteiger partial charge in [-0.25, -0.2) is 0 Å². The lowest BCUT2D eigenvalue weighted by Gasteiger charge is -2.09. The summed E-state index contributed by atoms with van der Waals surface area (Å²) in [5.74, 6) is 0. The summed E-state index contributed by atoms with van der Waals surface area (Å²) in [7, 11) is -0.254. The number of hydrogen-bond acceptors (Lipinski definition) is 4. The van der Waals surface area contributed by atoms with Crippen molar-refractivity contribution >= 4 is 23.2 Å². The van der Waals surface area contributed by atoms with Crippen molar-refractivity contribution in [3.63, 3.8) is 0 Å². The molecule has 0 atom stereocenters. The van der Waals surface area contributed by atoms with Crippen LogP contribution in [0.4, 0.5) is 0 Å². The predicted molar refractivity (Wildman–Crippen MR) is 76.2 cm³/mol. The van der Waals surface area contributed by atoms with Crippen molar-refractivity contribution in [1.29, 1.82) is 0 Å². The lowest BCUT2D eigenvalue weighted by molar-refractivity contribution is 0.226. The highest BCUT2D eigenvalue weighted by Crippen LogP contribution is 2.20. The number of hydrogen-bond donors (Lipinski definition) is 0. The van der Waals surface area contributed by atoms with E-state index in [0.717, 1.165) is 15.9 Å². The Kier molecular flexibility index (Phi) is 4.93. The minimum absolute atomic E-state index is 0.254. The van der Waals surface area contributed by atoms with E-state index in [2.05, 4.69) is 22.5 Å². The van der Waals surface area contributed by atoms with E-state index < -0.39 is 0 Å². The summed E-state index contributed by atoms with van der Waals surface area (Å²) in [5, 5.41) is 2.11. The molecule has 94 valence electrons. The van der Waals surface area contributed by atoms with Gasteiger partial charge in [0.05, 0.1) is 0 Å². The van der Waals surface area contributed by atoms with Gasteiger partial charge in [0.1, 0.15) is 0 Å². The van der Waals surface area contributed by atoms with Gasteiger partial charge in [-0.05, 0) is 36.9 Å². The highest BCUT2D eigenvalue weighted by molar-refractivity contribution is 7.21. The molecule has 0 saturated heterocycles. The molecule has 0 aromatic carbocycles. The van der Waals surface area contributed by atoms with Crippen LogP contribution in [0.3, 0.4) is 0 Å². The zero-order valence-electron chi connectivity index (χ0n) is 10.6. The van der Waals surface area contributed by atoms with Crippen LogP contribution in [-0.2, 0) is 9.31 Å². The van der Waals surface area contributed by atoms with Crippen LogP contribution in [0.2, 0.25) is 0 Å². The first kappa shape index (κ1) is 13.3. The van der Waals surface area contributed by atoms with Gasteiger partial charge in [-0.1, -0.05) is 6.07 Å². The van der Waals surface area contributed by atoms with E-state index in [-0.39, 0.29) is 7.12 Å². The lowest BCUT2D eigenvalue weighted by atomic mass is 9.86. The summed E-state index contributed by atoms with van der Waals surface area (Å²) in [6.07, 6.45) is 3.64. The van der Waals surface area contributed by atoms with Crippen LogP contribution >= 0.6 is 11.3 Å². The minimum Gasteiger partial charge on any atom is -0.407 e. The fourth-order valence-corrected chi connectivity index (χ4v) is 2.59. The molecule has 0 saturated carbocycles. The molecule has 0 amide bonds. The summed E-state index contributed by atoms with van der Waals surface area (Å²) in [6, 6.07) is 6.10. The normalized spacial score (nSPS) is 10.6. The van der Waals surface area contributed by atoms with Crippen LogP contribution in [0.5, 0.6) is 0 Å². The molecular formula is C13H16BNO2S. The summed E-state index contributed by atoms with van der Waals surface area (Å²) >= 11 is 1.65. The monoisotopic (exact) mass is 261 g/mol. The third kappa shape index (κ3) is 3.19. The van der Waals surface area contributed by atoms with Crippen LogP contribution in [0.25, 0.3) is 11.1 Å². The largest absolute Gasteiger partial charge is 0.504 e. The van der Waals surface area contributed by atoms with Crippen LogP contribution in [0.1, 0.15) is 13.8 Å². The molecule has 3 nitrogen and oxygen atoms in total. The molecule has 0 N–H and O–H groups in total. The van der Waals surface area contributed by atoms with Crippen molar-refractivity contribution in [2.45, 2.75) is 13.8 Å². The Labute approximate surface area is 112 Å². The Morgan fingerprint density at radius 2 is 2.00 bits per heavy atom. The second kappa shape index (κ2) is 6.68. The average Bonchev–Trinajstić information content (AvgIpc) is 2.89. The Morgan fingerprint density at radius 3 is 2.61 bits per heavy atom. The summed E-state index contributed by atoms with van der Waals surface area (Å²) in [6.45, 7) is 5.24. The number of pyridine rings is 1. The van der Waals surface area contributed by atoms with Crippen molar-refractivity contribution < 1.29 is 9.31 Å². The topological polar surface area (TPSA) is 31.4 Å². The van der Waals surface area contributed by atoms with Crippen molar-refractivity contribution in [3.05, 3.63) is 36.0 Å². The van der Waals surface area contributed by atoms with Crippen molar-refractivity contribution in [2.75, 3.05) is 13.2 Å². The van der Waals surface area contributed by atoms with E-state index in [4.69, 9.17) is 9.31 Å². The van der Waals surface area contributed by atoms with Gasteiger partial charge >= 0.3 is 7.12 Å². The van der Waals surface area contributed by atoms with Crippen molar-refractivity contribution in [3.8, 4) is 11.1 Å². The van der Waals surface area contributed by atoms with E-state index in [9.17, 15) is 0 Å². The SMILES string of the molecule is CCOB(OCC)c1cc(-c2cccnc2)cs1. The highest BCUT2D eigenvalue weighted by Gasteiger charge is 2.22. The first-order valence-electron chi connectivity index (χ1n) is 6.07. The summed E-state index contributed by atoms with van der Waals surface area (Å²) < 4.78 is 12.3. The van der Waals surface area contributed by atoms with Crippen LogP contribution in [-0.4, -0.2) is 25.3 Å². The smallest absolute Gasteiger partial charge is 0.407 e. The van der Waals surface area contributed by atoms with E-state index in [0.29, 0.717) is 13.2 Å². The molecular weight excluding hydrogens is 245 g/mol. The van der Waals surface area contributed by atoms with Crippen LogP contribution in [0.15, 0.2) is 36.0 Å². The molecule has 2 rings (SSSR count). The van der Waals surface area contributed by atoms with Crippen LogP contribution in [0, 0.1) is 0 Å². The van der Waals surface area contributed by atoms with Gasteiger partial charge in [0.15, 0.2) is 0 Å². The molecule has 0 bridgehead atoms. The highest BCUT2D eigenvalue weighted by atomic mass is 32.1. The third-order valence-electron chi connectivity index (χ3n) is 2.48. The number of thiophene rings is 1. The molecule has 0 radical (unpaired) electrons. The Morgan fingerprint density at radius 1 is 1.22 bits per heavy atom. The molecule has 2 aromatic heterocycles. The Balaban J connectivity index is 2.18. The molecule has 2 aromatic rings. The van der Waals surface area contributed by atoms with Gasteiger partial charge in [0, 0.05) is 35.9 Å². The molecule has 0 aliphatic heterocycles. The van der Waals surface area contributed by atoms with E-state index in [1.807, 2.05) is 26.1 Å². The maximum absolute atomic E-state index is 5.59. The van der Waals surface area contributed by atoms with Crippen LogP contribution < -0.4 is 4.78 Å². The second-order valence-corrected chi connectivity index (χ2v) is 4.66. The van der Waals surface area contributed by atoms with Crippen molar-refractivity contribution in [1.82, 2.24) is 4.98 Å². The van der Waals surface area contributed by atoms with E-state index in [1.54, 1.807) is 17.5 Å². The standard InChI is InChI=1S/C13H16BNO2S/c1-3-16-14(17-4-2)13-8-12(10-18-13)11-6-5-7-15-9-11/h5-10H,3-4H2,1-2H3. The van der Waals surface area contributed by atoms with E-state index >= 15 is 0 Å². The number of nitrogens with zero attached hydrogens (tertiary/aromatic N) is 1. The first-order chi connectivity index (χ1) is 8.85.